The Labute approximate surface area is 138 Å². The summed E-state index contributed by atoms with van der Waals surface area (Å²) >= 11 is 0. The molecule has 0 amide bonds. The van der Waals surface area contributed by atoms with Gasteiger partial charge in [-0.05, 0) is 49.4 Å². The molecule has 1 aromatic carbocycles. The molecule has 1 aliphatic carbocycles. The normalized spacial score (nSPS) is 24.9. The standard InChI is InChI=1S/C19H27NO3/c1-3-14-4-7-18(19(12-14)22-2)23-16-5-6-17-15(13-16)8-9-20(17)10-11-21/h5-6,8-9,13-14,18-19,21H,3-4,7,10-12H2,1-2H3/t14?,18-,19-/m1/s1. The van der Waals surface area contributed by atoms with Crippen LogP contribution in [0, 0.1) is 5.92 Å². The maximum absolute atomic E-state index is 9.11. The minimum atomic E-state index is 0.139. The second kappa shape index (κ2) is 7.37. The first-order valence-corrected chi connectivity index (χ1v) is 8.64. The molecular weight excluding hydrogens is 290 g/mol. The first-order chi connectivity index (χ1) is 11.2. The van der Waals surface area contributed by atoms with Crippen LogP contribution in [0.1, 0.15) is 32.6 Å². The van der Waals surface area contributed by atoms with Crippen molar-refractivity contribution in [3.8, 4) is 5.75 Å². The number of hydrogen-bond donors (Lipinski definition) is 1. The van der Waals surface area contributed by atoms with Gasteiger partial charge < -0.3 is 19.1 Å². The second-order valence-electron chi connectivity index (χ2n) is 6.47. The van der Waals surface area contributed by atoms with Gasteiger partial charge in [0.05, 0.1) is 12.7 Å². The van der Waals surface area contributed by atoms with Crippen LogP contribution in [0.15, 0.2) is 30.5 Å². The van der Waals surface area contributed by atoms with Crippen LogP contribution in [-0.2, 0) is 11.3 Å². The van der Waals surface area contributed by atoms with Crippen molar-refractivity contribution in [2.75, 3.05) is 13.7 Å². The highest BCUT2D eigenvalue weighted by Gasteiger charge is 2.31. The highest BCUT2D eigenvalue weighted by atomic mass is 16.5. The Hall–Kier alpha value is -1.52. The largest absolute Gasteiger partial charge is 0.488 e. The number of aliphatic hydroxyl groups is 1. The molecule has 1 N–H and O–H groups in total. The van der Waals surface area contributed by atoms with Gasteiger partial charge in [0.2, 0.25) is 0 Å². The molecule has 0 radical (unpaired) electrons. The van der Waals surface area contributed by atoms with Crippen LogP contribution in [0.4, 0.5) is 0 Å². The van der Waals surface area contributed by atoms with E-state index in [1.807, 2.05) is 12.3 Å². The van der Waals surface area contributed by atoms with Gasteiger partial charge in [-0.1, -0.05) is 13.3 Å². The van der Waals surface area contributed by atoms with E-state index >= 15 is 0 Å². The Bertz CT molecular complexity index is 637. The summed E-state index contributed by atoms with van der Waals surface area (Å²) in [5.41, 5.74) is 1.13. The van der Waals surface area contributed by atoms with Gasteiger partial charge in [-0.3, -0.25) is 0 Å². The van der Waals surface area contributed by atoms with Gasteiger partial charge in [-0.15, -0.1) is 0 Å². The number of aliphatic hydroxyl groups excluding tert-OH is 1. The molecule has 4 heteroatoms. The molecule has 1 fully saturated rings. The number of methoxy groups -OCH3 is 1. The van der Waals surface area contributed by atoms with Crippen LogP contribution >= 0.6 is 0 Å². The summed E-state index contributed by atoms with van der Waals surface area (Å²) in [4.78, 5) is 0. The van der Waals surface area contributed by atoms with Crippen LogP contribution in [-0.4, -0.2) is 35.6 Å². The van der Waals surface area contributed by atoms with Crippen LogP contribution in [0.2, 0.25) is 0 Å². The fourth-order valence-corrected chi connectivity index (χ4v) is 3.67. The Morgan fingerprint density at radius 2 is 2.09 bits per heavy atom. The lowest BCUT2D eigenvalue weighted by Crippen LogP contribution is -2.39. The van der Waals surface area contributed by atoms with E-state index in [2.05, 4.69) is 29.7 Å². The molecule has 2 aromatic rings. The molecule has 0 bridgehead atoms. The number of rotatable bonds is 6. The summed E-state index contributed by atoms with van der Waals surface area (Å²) < 4.78 is 14.0. The average Bonchev–Trinajstić information content (AvgIpc) is 2.98. The second-order valence-corrected chi connectivity index (χ2v) is 6.47. The highest BCUT2D eigenvalue weighted by molar-refractivity contribution is 5.81. The first kappa shape index (κ1) is 16.3. The maximum atomic E-state index is 9.11. The van der Waals surface area contributed by atoms with Crippen LogP contribution < -0.4 is 4.74 Å². The van der Waals surface area contributed by atoms with Gasteiger partial charge in [0.25, 0.3) is 0 Å². The first-order valence-electron chi connectivity index (χ1n) is 8.64. The SMILES string of the molecule is CCC1CC[C@@H](Oc2ccc3c(ccn3CCO)c2)[C@H](OC)C1. The molecule has 0 aliphatic heterocycles. The van der Waals surface area contributed by atoms with Crippen LogP contribution in [0.3, 0.4) is 0 Å². The smallest absolute Gasteiger partial charge is 0.125 e. The van der Waals surface area contributed by atoms with Gasteiger partial charge >= 0.3 is 0 Å². The summed E-state index contributed by atoms with van der Waals surface area (Å²) in [7, 11) is 1.79. The van der Waals surface area contributed by atoms with Crippen LogP contribution in [0.25, 0.3) is 10.9 Å². The van der Waals surface area contributed by atoms with Crippen molar-refractivity contribution in [1.82, 2.24) is 4.57 Å². The average molecular weight is 317 g/mol. The van der Waals surface area contributed by atoms with E-state index in [0.717, 1.165) is 35.4 Å². The van der Waals surface area contributed by atoms with Crippen molar-refractivity contribution in [3.63, 3.8) is 0 Å². The number of benzene rings is 1. The van der Waals surface area contributed by atoms with Gasteiger partial charge in [-0.25, -0.2) is 0 Å². The van der Waals surface area contributed by atoms with Gasteiger partial charge in [0, 0.05) is 30.8 Å². The fourth-order valence-electron chi connectivity index (χ4n) is 3.67. The number of nitrogens with zero attached hydrogens (tertiary/aromatic N) is 1. The van der Waals surface area contributed by atoms with Crippen molar-refractivity contribution in [2.24, 2.45) is 5.92 Å². The van der Waals surface area contributed by atoms with E-state index in [-0.39, 0.29) is 18.8 Å². The molecule has 3 atom stereocenters. The van der Waals surface area contributed by atoms with E-state index in [0.29, 0.717) is 6.54 Å². The maximum Gasteiger partial charge on any atom is 0.125 e. The third kappa shape index (κ3) is 3.54. The predicted molar refractivity (Wildman–Crippen MR) is 91.9 cm³/mol. The molecule has 1 aliphatic rings. The topological polar surface area (TPSA) is 43.6 Å². The molecule has 4 nitrogen and oxygen atoms in total. The molecule has 1 unspecified atom stereocenters. The predicted octanol–water partition coefficient (Wildman–Crippen LogP) is 3.61. The Balaban J connectivity index is 1.73. The van der Waals surface area contributed by atoms with E-state index in [1.165, 1.54) is 12.8 Å². The molecule has 1 aromatic heterocycles. The lowest BCUT2D eigenvalue weighted by Gasteiger charge is -2.35. The third-order valence-corrected chi connectivity index (χ3v) is 5.09. The monoisotopic (exact) mass is 317 g/mol. The van der Waals surface area contributed by atoms with Crippen molar-refractivity contribution < 1.29 is 14.6 Å². The summed E-state index contributed by atoms with van der Waals surface area (Å²) in [5.74, 6) is 1.66. The number of aromatic nitrogens is 1. The molecule has 23 heavy (non-hydrogen) atoms. The molecule has 0 saturated heterocycles. The Kier molecular flexibility index (Phi) is 5.23. The lowest BCUT2D eigenvalue weighted by molar-refractivity contribution is -0.0384. The Morgan fingerprint density at radius 3 is 2.83 bits per heavy atom. The zero-order valence-electron chi connectivity index (χ0n) is 14.1. The summed E-state index contributed by atoms with van der Waals surface area (Å²) in [6.07, 6.45) is 6.92. The number of ether oxygens (including phenoxy) is 2. The van der Waals surface area contributed by atoms with Gasteiger partial charge in [-0.2, -0.15) is 0 Å². The number of hydrogen-bond acceptors (Lipinski definition) is 3. The summed E-state index contributed by atoms with van der Waals surface area (Å²) in [5, 5.41) is 10.3. The summed E-state index contributed by atoms with van der Waals surface area (Å²) in [6.45, 7) is 3.03. The highest BCUT2D eigenvalue weighted by Crippen LogP contribution is 2.32. The molecular formula is C19H27NO3. The zero-order valence-corrected chi connectivity index (χ0v) is 14.1. The molecule has 3 rings (SSSR count). The molecule has 126 valence electrons. The summed E-state index contributed by atoms with van der Waals surface area (Å²) in [6, 6.07) is 8.25. The minimum absolute atomic E-state index is 0.139. The minimum Gasteiger partial charge on any atom is -0.488 e. The molecule has 1 heterocycles. The Morgan fingerprint density at radius 1 is 1.22 bits per heavy atom. The van der Waals surface area contributed by atoms with E-state index in [9.17, 15) is 0 Å². The van der Waals surface area contributed by atoms with Gasteiger partial charge in [0.1, 0.15) is 11.9 Å². The number of fused-ring (bicyclic) bond motifs is 1. The molecule has 0 spiro atoms. The van der Waals surface area contributed by atoms with Gasteiger partial charge in [0.15, 0.2) is 0 Å². The van der Waals surface area contributed by atoms with E-state index in [4.69, 9.17) is 14.6 Å². The van der Waals surface area contributed by atoms with Crippen molar-refractivity contribution in [3.05, 3.63) is 30.5 Å². The van der Waals surface area contributed by atoms with Crippen molar-refractivity contribution in [2.45, 2.75) is 51.4 Å². The van der Waals surface area contributed by atoms with E-state index in [1.54, 1.807) is 7.11 Å². The van der Waals surface area contributed by atoms with Crippen LogP contribution in [0.5, 0.6) is 5.75 Å². The lowest BCUT2D eigenvalue weighted by atomic mass is 9.83. The van der Waals surface area contributed by atoms with E-state index < -0.39 is 0 Å². The van der Waals surface area contributed by atoms with Crippen molar-refractivity contribution in [1.29, 1.82) is 0 Å². The fraction of sp³-hybridized carbons (Fsp3) is 0.579. The molecule has 1 saturated carbocycles. The quantitative estimate of drug-likeness (QED) is 0.885. The van der Waals surface area contributed by atoms with Crippen molar-refractivity contribution >= 4 is 10.9 Å². The zero-order chi connectivity index (χ0) is 16.2. The third-order valence-electron chi connectivity index (χ3n) is 5.09.